The zero-order chi connectivity index (χ0) is 13.5. The number of nitrogens with zero attached hydrogens (tertiary/aromatic N) is 1. The lowest BCUT2D eigenvalue weighted by molar-refractivity contribution is 0.0933. The second-order valence-electron chi connectivity index (χ2n) is 4.14. The number of ether oxygens (including phenoxy) is 1. The van der Waals surface area contributed by atoms with Gasteiger partial charge in [0.1, 0.15) is 0 Å². The highest BCUT2D eigenvalue weighted by Gasteiger charge is 2.13. The summed E-state index contributed by atoms with van der Waals surface area (Å²) >= 11 is 0. The van der Waals surface area contributed by atoms with Gasteiger partial charge in [-0.15, -0.1) is 0 Å². The van der Waals surface area contributed by atoms with Gasteiger partial charge in [-0.05, 0) is 37.7 Å². The summed E-state index contributed by atoms with van der Waals surface area (Å²) in [6.07, 6.45) is 0.998. The number of hydrogen-bond donors (Lipinski definition) is 0. The van der Waals surface area contributed by atoms with Gasteiger partial charge in [-0.25, -0.2) is 4.39 Å². The standard InChI is InChI=1S/C14H20FNO2/c1-4-8-16(5-2)10-13(17)11-6-7-14(18-3)12(15)9-11/h6-7,9H,4-5,8,10H2,1-3H3. The molecule has 0 aliphatic carbocycles. The molecule has 3 nitrogen and oxygen atoms in total. The molecule has 1 aromatic rings. The van der Waals surface area contributed by atoms with Crippen LogP contribution in [0.3, 0.4) is 0 Å². The van der Waals surface area contributed by atoms with Gasteiger partial charge in [0.2, 0.25) is 0 Å². The quantitative estimate of drug-likeness (QED) is 0.700. The highest BCUT2D eigenvalue weighted by molar-refractivity contribution is 5.97. The van der Waals surface area contributed by atoms with Gasteiger partial charge in [0, 0.05) is 5.56 Å². The summed E-state index contributed by atoms with van der Waals surface area (Å²) in [6.45, 7) is 6.10. The molecule has 100 valence electrons. The first-order valence-corrected chi connectivity index (χ1v) is 6.21. The molecule has 0 spiro atoms. The first-order valence-electron chi connectivity index (χ1n) is 6.21. The third-order valence-corrected chi connectivity index (χ3v) is 2.83. The fourth-order valence-corrected chi connectivity index (χ4v) is 1.80. The van der Waals surface area contributed by atoms with Crippen LogP contribution < -0.4 is 4.74 Å². The van der Waals surface area contributed by atoms with Gasteiger partial charge in [0.15, 0.2) is 17.3 Å². The Morgan fingerprint density at radius 3 is 2.61 bits per heavy atom. The summed E-state index contributed by atoms with van der Waals surface area (Å²) in [6, 6.07) is 4.32. The van der Waals surface area contributed by atoms with Crippen LogP contribution in [0.4, 0.5) is 4.39 Å². The zero-order valence-corrected chi connectivity index (χ0v) is 11.2. The van der Waals surface area contributed by atoms with Gasteiger partial charge in [0.05, 0.1) is 13.7 Å². The maximum absolute atomic E-state index is 13.5. The van der Waals surface area contributed by atoms with Crippen molar-refractivity contribution in [2.75, 3.05) is 26.7 Å². The van der Waals surface area contributed by atoms with Crippen LogP contribution in [0.5, 0.6) is 5.75 Å². The van der Waals surface area contributed by atoms with Crippen LogP contribution >= 0.6 is 0 Å². The Kier molecular flexibility index (Phi) is 5.78. The molecule has 1 rings (SSSR count). The second kappa shape index (κ2) is 7.11. The maximum atomic E-state index is 13.5. The van der Waals surface area contributed by atoms with E-state index in [0.29, 0.717) is 12.1 Å². The number of methoxy groups -OCH3 is 1. The molecule has 0 atom stereocenters. The molecule has 1 aromatic carbocycles. The molecule has 0 unspecified atom stereocenters. The van der Waals surface area contributed by atoms with E-state index in [1.807, 2.05) is 11.8 Å². The van der Waals surface area contributed by atoms with E-state index < -0.39 is 5.82 Å². The zero-order valence-electron chi connectivity index (χ0n) is 11.2. The second-order valence-corrected chi connectivity index (χ2v) is 4.14. The summed E-state index contributed by atoms with van der Waals surface area (Å²) in [4.78, 5) is 14.0. The van der Waals surface area contributed by atoms with Crippen molar-refractivity contribution in [1.82, 2.24) is 4.90 Å². The smallest absolute Gasteiger partial charge is 0.176 e. The van der Waals surface area contributed by atoms with Crippen LogP contribution in [0.25, 0.3) is 0 Å². The van der Waals surface area contributed by atoms with Gasteiger partial charge >= 0.3 is 0 Å². The number of hydrogen-bond acceptors (Lipinski definition) is 3. The number of Topliss-reactive ketones (excluding diaryl/α,β-unsaturated/α-hetero) is 1. The topological polar surface area (TPSA) is 29.5 Å². The Hall–Kier alpha value is -1.42. The first-order chi connectivity index (χ1) is 8.62. The van der Waals surface area contributed by atoms with Crippen molar-refractivity contribution in [2.45, 2.75) is 20.3 Å². The minimum absolute atomic E-state index is 0.0631. The highest BCUT2D eigenvalue weighted by atomic mass is 19.1. The molecule has 0 aromatic heterocycles. The molecule has 0 radical (unpaired) electrons. The van der Waals surface area contributed by atoms with E-state index in [1.165, 1.54) is 19.2 Å². The average Bonchev–Trinajstić information content (AvgIpc) is 2.37. The Bertz CT molecular complexity index is 407. The Labute approximate surface area is 108 Å². The van der Waals surface area contributed by atoms with Crippen LogP contribution in [0.2, 0.25) is 0 Å². The number of carbonyl (C=O) groups is 1. The molecular weight excluding hydrogens is 233 g/mol. The molecule has 0 amide bonds. The van der Waals surface area contributed by atoms with E-state index in [2.05, 4.69) is 6.92 Å². The van der Waals surface area contributed by atoms with E-state index in [0.717, 1.165) is 19.5 Å². The number of likely N-dealkylation sites (N-methyl/N-ethyl adjacent to an activating group) is 1. The average molecular weight is 253 g/mol. The van der Waals surface area contributed by atoms with E-state index >= 15 is 0 Å². The molecule has 0 aliphatic rings. The van der Waals surface area contributed by atoms with E-state index in [1.54, 1.807) is 6.07 Å². The third-order valence-electron chi connectivity index (χ3n) is 2.83. The van der Waals surface area contributed by atoms with Crippen LogP contribution in [-0.2, 0) is 0 Å². The highest BCUT2D eigenvalue weighted by Crippen LogP contribution is 2.18. The van der Waals surface area contributed by atoms with Crippen LogP contribution in [0.1, 0.15) is 30.6 Å². The molecular formula is C14H20FNO2. The molecule has 0 saturated heterocycles. The molecule has 4 heteroatoms. The summed E-state index contributed by atoms with van der Waals surface area (Å²) in [5.74, 6) is -0.402. The fourth-order valence-electron chi connectivity index (χ4n) is 1.80. The van der Waals surface area contributed by atoms with Crippen LogP contribution in [0.15, 0.2) is 18.2 Å². The molecule has 0 bridgehead atoms. The number of benzene rings is 1. The molecule has 0 aliphatic heterocycles. The Morgan fingerprint density at radius 1 is 1.39 bits per heavy atom. The van der Waals surface area contributed by atoms with E-state index in [9.17, 15) is 9.18 Å². The summed E-state index contributed by atoms with van der Waals surface area (Å²) in [7, 11) is 1.40. The summed E-state index contributed by atoms with van der Waals surface area (Å²) in [5, 5.41) is 0. The van der Waals surface area contributed by atoms with Crippen molar-refractivity contribution in [3.63, 3.8) is 0 Å². The number of ketones is 1. The first kappa shape index (κ1) is 14.6. The number of rotatable bonds is 7. The van der Waals surface area contributed by atoms with Crippen molar-refractivity contribution in [1.29, 1.82) is 0 Å². The summed E-state index contributed by atoms with van der Waals surface area (Å²) < 4.78 is 18.3. The Morgan fingerprint density at radius 2 is 2.11 bits per heavy atom. The van der Waals surface area contributed by atoms with Gasteiger partial charge in [0.25, 0.3) is 0 Å². The van der Waals surface area contributed by atoms with Crippen molar-refractivity contribution in [2.24, 2.45) is 0 Å². The Balaban J connectivity index is 2.74. The van der Waals surface area contributed by atoms with Crippen LogP contribution in [0, 0.1) is 5.82 Å². The van der Waals surface area contributed by atoms with E-state index in [4.69, 9.17) is 4.74 Å². The maximum Gasteiger partial charge on any atom is 0.176 e. The predicted octanol–water partition coefficient (Wildman–Crippen LogP) is 2.75. The monoisotopic (exact) mass is 253 g/mol. The lowest BCUT2D eigenvalue weighted by Gasteiger charge is -2.18. The van der Waals surface area contributed by atoms with Gasteiger partial charge < -0.3 is 4.74 Å². The predicted molar refractivity (Wildman–Crippen MR) is 69.7 cm³/mol. The largest absolute Gasteiger partial charge is 0.494 e. The SMILES string of the molecule is CCCN(CC)CC(=O)c1ccc(OC)c(F)c1. The van der Waals surface area contributed by atoms with Crippen LogP contribution in [-0.4, -0.2) is 37.4 Å². The number of carbonyl (C=O) groups excluding carboxylic acids is 1. The molecule has 0 N–H and O–H groups in total. The van der Waals surface area contributed by atoms with Gasteiger partial charge in [-0.1, -0.05) is 13.8 Å². The fraction of sp³-hybridized carbons (Fsp3) is 0.500. The third kappa shape index (κ3) is 3.81. The normalized spacial score (nSPS) is 10.7. The number of halogens is 1. The lowest BCUT2D eigenvalue weighted by Crippen LogP contribution is -2.30. The summed E-state index contributed by atoms with van der Waals surface area (Å²) in [5.41, 5.74) is 0.392. The van der Waals surface area contributed by atoms with E-state index in [-0.39, 0.29) is 11.5 Å². The molecule has 0 fully saturated rings. The minimum atomic E-state index is -0.498. The van der Waals surface area contributed by atoms with Gasteiger partial charge in [-0.2, -0.15) is 0 Å². The van der Waals surface area contributed by atoms with Crippen molar-refractivity contribution in [3.05, 3.63) is 29.6 Å². The minimum Gasteiger partial charge on any atom is -0.494 e. The van der Waals surface area contributed by atoms with Crippen molar-refractivity contribution < 1.29 is 13.9 Å². The molecule has 0 saturated carbocycles. The lowest BCUT2D eigenvalue weighted by atomic mass is 10.1. The van der Waals surface area contributed by atoms with Crippen molar-refractivity contribution in [3.8, 4) is 5.75 Å². The van der Waals surface area contributed by atoms with Crippen molar-refractivity contribution >= 4 is 5.78 Å². The van der Waals surface area contributed by atoms with Gasteiger partial charge in [-0.3, -0.25) is 9.69 Å². The molecule has 18 heavy (non-hydrogen) atoms. The molecule has 0 heterocycles.